The van der Waals surface area contributed by atoms with E-state index in [0.29, 0.717) is 6.61 Å². The summed E-state index contributed by atoms with van der Waals surface area (Å²) in [5, 5.41) is 0. The van der Waals surface area contributed by atoms with Gasteiger partial charge < -0.3 is 4.84 Å². The summed E-state index contributed by atoms with van der Waals surface area (Å²) in [6.45, 7) is 0.360. The fraction of sp³-hybridized carbons (Fsp3) is 1.00. The van der Waals surface area contributed by atoms with E-state index < -0.39 is 9.84 Å². The first-order valence-electron chi connectivity index (χ1n) is 2.66. The van der Waals surface area contributed by atoms with Crippen LogP contribution in [0.25, 0.3) is 0 Å². The van der Waals surface area contributed by atoms with E-state index in [2.05, 4.69) is 4.84 Å². The Morgan fingerprint density at radius 1 is 1.56 bits per heavy atom. The molecular weight excluding hydrogens is 142 g/mol. The SMILES string of the molecule is NOCC1CS(=O)(=O)C1. The second-order valence-corrected chi connectivity index (χ2v) is 4.43. The van der Waals surface area contributed by atoms with E-state index in [1.54, 1.807) is 0 Å². The van der Waals surface area contributed by atoms with Crippen molar-refractivity contribution in [2.24, 2.45) is 11.8 Å². The molecule has 0 aromatic heterocycles. The lowest BCUT2D eigenvalue weighted by Crippen LogP contribution is -2.39. The quantitative estimate of drug-likeness (QED) is 0.510. The van der Waals surface area contributed by atoms with Crippen molar-refractivity contribution in [3.8, 4) is 0 Å². The lowest BCUT2D eigenvalue weighted by molar-refractivity contribution is 0.110. The molecule has 0 amide bonds. The average Bonchev–Trinajstić information content (AvgIpc) is 1.62. The van der Waals surface area contributed by atoms with Crippen LogP contribution in [0.15, 0.2) is 0 Å². The van der Waals surface area contributed by atoms with Crippen molar-refractivity contribution in [3.63, 3.8) is 0 Å². The Bertz CT molecular complexity index is 174. The third kappa shape index (κ3) is 1.64. The number of hydrogen-bond acceptors (Lipinski definition) is 4. The van der Waals surface area contributed by atoms with Crippen LogP contribution < -0.4 is 5.90 Å². The van der Waals surface area contributed by atoms with E-state index in [4.69, 9.17) is 5.90 Å². The van der Waals surface area contributed by atoms with Crippen molar-refractivity contribution < 1.29 is 13.3 Å². The van der Waals surface area contributed by atoms with Gasteiger partial charge in [-0.05, 0) is 0 Å². The minimum Gasteiger partial charge on any atom is -0.304 e. The Labute approximate surface area is 53.9 Å². The molecule has 54 valence electrons. The molecule has 0 radical (unpaired) electrons. The largest absolute Gasteiger partial charge is 0.304 e. The van der Waals surface area contributed by atoms with Crippen LogP contribution in [0, 0.1) is 5.92 Å². The molecule has 0 unspecified atom stereocenters. The number of sulfone groups is 1. The van der Waals surface area contributed by atoms with Crippen LogP contribution in [0.3, 0.4) is 0 Å². The molecule has 4 nitrogen and oxygen atoms in total. The monoisotopic (exact) mass is 151 g/mol. The summed E-state index contributed by atoms with van der Waals surface area (Å²) in [7, 11) is -2.69. The Hall–Kier alpha value is -0.130. The molecule has 0 aromatic carbocycles. The molecular formula is C4H9NO3S. The van der Waals surface area contributed by atoms with Gasteiger partial charge in [-0.25, -0.2) is 14.3 Å². The van der Waals surface area contributed by atoms with E-state index in [1.165, 1.54) is 0 Å². The van der Waals surface area contributed by atoms with E-state index in [9.17, 15) is 8.42 Å². The smallest absolute Gasteiger partial charge is 0.151 e. The molecule has 1 aliphatic heterocycles. The van der Waals surface area contributed by atoms with Crippen LogP contribution in [0.4, 0.5) is 0 Å². The Morgan fingerprint density at radius 3 is 2.44 bits per heavy atom. The molecule has 5 heteroatoms. The van der Waals surface area contributed by atoms with Crippen LogP contribution in [0.2, 0.25) is 0 Å². The van der Waals surface area contributed by atoms with Gasteiger partial charge in [-0.1, -0.05) is 0 Å². The first-order valence-corrected chi connectivity index (χ1v) is 4.48. The summed E-state index contributed by atoms with van der Waals surface area (Å²) in [5.74, 6) is 5.35. The fourth-order valence-corrected chi connectivity index (χ4v) is 2.43. The molecule has 1 aliphatic rings. The normalized spacial score (nSPS) is 25.4. The van der Waals surface area contributed by atoms with Crippen molar-refractivity contribution in [2.75, 3.05) is 18.1 Å². The highest BCUT2D eigenvalue weighted by Crippen LogP contribution is 2.17. The van der Waals surface area contributed by atoms with Gasteiger partial charge in [0.25, 0.3) is 0 Å². The Kier molecular flexibility index (Phi) is 1.74. The first-order chi connectivity index (χ1) is 4.14. The molecule has 1 rings (SSSR count). The highest BCUT2D eigenvalue weighted by molar-refractivity contribution is 7.92. The van der Waals surface area contributed by atoms with Crippen LogP contribution in [-0.2, 0) is 14.7 Å². The predicted octanol–water partition coefficient (Wildman–Crippen LogP) is -1.08. The van der Waals surface area contributed by atoms with E-state index in [0.717, 1.165) is 0 Å². The summed E-state index contributed by atoms with van der Waals surface area (Å²) < 4.78 is 21.0. The highest BCUT2D eigenvalue weighted by Gasteiger charge is 2.32. The molecule has 1 heterocycles. The summed E-state index contributed by atoms with van der Waals surface area (Å²) in [6, 6.07) is 0. The van der Waals surface area contributed by atoms with E-state index in [1.807, 2.05) is 0 Å². The van der Waals surface area contributed by atoms with Gasteiger partial charge in [0, 0.05) is 5.92 Å². The van der Waals surface area contributed by atoms with Gasteiger partial charge in [-0.2, -0.15) is 0 Å². The third-order valence-electron chi connectivity index (χ3n) is 1.31. The highest BCUT2D eigenvalue weighted by atomic mass is 32.2. The predicted molar refractivity (Wildman–Crippen MR) is 32.3 cm³/mol. The van der Waals surface area contributed by atoms with Gasteiger partial charge in [-0.15, -0.1) is 0 Å². The van der Waals surface area contributed by atoms with Crippen molar-refractivity contribution >= 4 is 9.84 Å². The van der Waals surface area contributed by atoms with Crippen molar-refractivity contribution in [1.82, 2.24) is 0 Å². The fourth-order valence-electron chi connectivity index (χ4n) is 0.902. The maximum absolute atomic E-state index is 10.5. The van der Waals surface area contributed by atoms with Crippen LogP contribution >= 0.6 is 0 Å². The molecule has 0 saturated carbocycles. The van der Waals surface area contributed by atoms with Gasteiger partial charge in [0.2, 0.25) is 0 Å². The molecule has 0 spiro atoms. The van der Waals surface area contributed by atoms with Crippen LogP contribution in [-0.4, -0.2) is 26.5 Å². The Balaban J connectivity index is 2.28. The minimum absolute atomic E-state index is 0.139. The van der Waals surface area contributed by atoms with Crippen molar-refractivity contribution in [3.05, 3.63) is 0 Å². The molecule has 1 saturated heterocycles. The molecule has 2 N–H and O–H groups in total. The second-order valence-electron chi connectivity index (χ2n) is 2.28. The number of nitrogens with two attached hydrogens (primary N) is 1. The molecule has 0 aromatic rings. The zero-order valence-corrected chi connectivity index (χ0v) is 5.73. The molecule has 0 aliphatic carbocycles. The maximum Gasteiger partial charge on any atom is 0.151 e. The minimum atomic E-state index is -2.69. The topological polar surface area (TPSA) is 69.4 Å². The van der Waals surface area contributed by atoms with Gasteiger partial charge in [0.05, 0.1) is 18.1 Å². The molecule has 1 fully saturated rings. The standard InChI is InChI=1S/C4H9NO3S/c5-8-1-4-2-9(6,7)3-4/h4H,1-3,5H2. The van der Waals surface area contributed by atoms with Crippen molar-refractivity contribution in [1.29, 1.82) is 0 Å². The zero-order chi connectivity index (χ0) is 6.91. The van der Waals surface area contributed by atoms with Crippen LogP contribution in [0.1, 0.15) is 0 Å². The van der Waals surface area contributed by atoms with Gasteiger partial charge in [0.1, 0.15) is 0 Å². The number of rotatable bonds is 2. The molecule has 9 heavy (non-hydrogen) atoms. The van der Waals surface area contributed by atoms with Gasteiger partial charge in [-0.3, -0.25) is 0 Å². The lowest BCUT2D eigenvalue weighted by atomic mass is 10.2. The van der Waals surface area contributed by atoms with Crippen LogP contribution in [0.5, 0.6) is 0 Å². The summed E-state index contributed by atoms with van der Waals surface area (Å²) >= 11 is 0. The molecule has 0 bridgehead atoms. The first kappa shape index (κ1) is 6.98. The zero-order valence-electron chi connectivity index (χ0n) is 4.91. The summed E-state index contributed by atoms with van der Waals surface area (Å²) in [5.41, 5.74) is 0. The number of hydrogen-bond donors (Lipinski definition) is 1. The second kappa shape index (κ2) is 2.24. The Morgan fingerprint density at radius 2 is 2.11 bits per heavy atom. The molecule has 0 atom stereocenters. The van der Waals surface area contributed by atoms with Gasteiger partial charge in [0.15, 0.2) is 9.84 Å². The third-order valence-corrected chi connectivity index (χ3v) is 3.27. The van der Waals surface area contributed by atoms with E-state index in [-0.39, 0.29) is 17.4 Å². The summed E-state index contributed by atoms with van der Waals surface area (Å²) in [4.78, 5) is 4.27. The maximum atomic E-state index is 10.5. The van der Waals surface area contributed by atoms with E-state index >= 15 is 0 Å². The average molecular weight is 151 g/mol. The van der Waals surface area contributed by atoms with Gasteiger partial charge >= 0.3 is 0 Å². The summed E-state index contributed by atoms with van der Waals surface area (Å²) in [6.07, 6.45) is 0. The van der Waals surface area contributed by atoms with Crippen molar-refractivity contribution in [2.45, 2.75) is 0 Å². The lowest BCUT2D eigenvalue weighted by Gasteiger charge is -2.23.